The fraction of sp³-hybridized carbons (Fsp3) is 0.400. The molecule has 3 heterocycles. The molecule has 10 heteroatoms. The first kappa shape index (κ1) is 23.5. The van der Waals surface area contributed by atoms with E-state index in [2.05, 4.69) is 9.97 Å². The fourth-order valence-electron chi connectivity index (χ4n) is 5.07. The largest absolute Gasteiger partial charge is 0.376 e. The molecule has 1 amide bonds. The van der Waals surface area contributed by atoms with Gasteiger partial charge in [-0.3, -0.25) is 13.9 Å². The van der Waals surface area contributed by atoms with Gasteiger partial charge in [0.15, 0.2) is 0 Å². The highest BCUT2D eigenvalue weighted by molar-refractivity contribution is 7.92. The molecule has 1 aromatic heterocycles. The molecule has 2 aliphatic heterocycles. The highest BCUT2D eigenvalue weighted by atomic mass is 32.2. The minimum Gasteiger partial charge on any atom is -0.376 e. The molecule has 5 rings (SSSR count). The number of aromatic nitrogens is 2. The molecular formula is C25H28N4O5S. The second kappa shape index (κ2) is 9.09. The van der Waals surface area contributed by atoms with Gasteiger partial charge in [-0.15, -0.1) is 0 Å². The van der Waals surface area contributed by atoms with Crippen LogP contribution in [-0.2, 0) is 27.7 Å². The molecule has 2 aromatic carbocycles. The Morgan fingerprint density at radius 3 is 2.80 bits per heavy atom. The van der Waals surface area contributed by atoms with E-state index >= 15 is 0 Å². The van der Waals surface area contributed by atoms with Gasteiger partial charge in [0.1, 0.15) is 5.82 Å². The molecule has 0 saturated carbocycles. The van der Waals surface area contributed by atoms with E-state index in [-0.39, 0.29) is 30.2 Å². The normalized spacial score (nSPS) is 19.8. The fourth-order valence-corrected chi connectivity index (χ4v) is 6.33. The lowest BCUT2D eigenvalue weighted by molar-refractivity contribution is 0.0501. The minimum atomic E-state index is -3.41. The van der Waals surface area contributed by atoms with Crippen molar-refractivity contribution in [1.82, 2.24) is 14.9 Å². The lowest BCUT2D eigenvalue weighted by atomic mass is 10.1. The summed E-state index contributed by atoms with van der Waals surface area (Å²) in [5, 5.41) is 0.497. The van der Waals surface area contributed by atoms with Crippen molar-refractivity contribution in [3.8, 4) is 0 Å². The number of hydrogen-bond donors (Lipinski definition) is 1. The van der Waals surface area contributed by atoms with Gasteiger partial charge in [-0.2, -0.15) is 0 Å². The molecule has 9 nitrogen and oxygen atoms in total. The molecule has 2 atom stereocenters. The molecule has 3 aromatic rings. The van der Waals surface area contributed by atoms with Crippen LogP contribution in [0.25, 0.3) is 10.9 Å². The number of sulfonamides is 1. The third-order valence-corrected chi connectivity index (χ3v) is 7.85. The lowest BCUT2D eigenvalue weighted by Gasteiger charge is -2.26. The molecule has 35 heavy (non-hydrogen) atoms. The Morgan fingerprint density at radius 1 is 1.26 bits per heavy atom. The number of hydrogen-bond acceptors (Lipinski definition) is 6. The number of rotatable bonds is 6. The van der Waals surface area contributed by atoms with Crippen molar-refractivity contribution in [2.24, 2.45) is 0 Å². The highest BCUT2D eigenvalue weighted by Crippen LogP contribution is 2.35. The van der Waals surface area contributed by atoms with E-state index in [1.54, 1.807) is 41.3 Å². The van der Waals surface area contributed by atoms with Crippen LogP contribution in [0, 0.1) is 0 Å². The number of benzene rings is 2. The summed E-state index contributed by atoms with van der Waals surface area (Å²) < 4.78 is 31.7. The standard InChI is InChI=1S/C25H28N4O5S/c1-16-12-18-13-17(9-10-22(18)29(16)35(2,32)33)25(31)28(14-19-6-5-11-34-19)15-23-26-21-8-4-3-7-20(21)24(30)27-23/h3-4,7-10,13,16,19H,5-6,11-12,14-15H2,1-2H3,(H,26,27,30)/t16-,19+/m1/s1. The second-order valence-corrected chi connectivity index (χ2v) is 11.2. The number of para-hydroxylation sites is 1. The molecule has 0 aliphatic carbocycles. The van der Waals surface area contributed by atoms with Crippen LogP contribution >= 0.6 is 0 Å². The molecule has 0 radical (unpaired) electrons. The molecule has 0 spiro atoms. The second-order valence-electron chi connectivity index (χ2n) is 9.31. The predicted molar refractivity (Wildman–Crippen MR) is 133 cm³/mol. The van der Waals surface area contributed by atoms with Gasteiger partial charge in [-0.25, -0.2) is 13.4 Å². The van der Waals surface area contributed by atoms with Crippen molar-refractivity contribution in [3.63, 3.8) is 0 Å². The van der Waals surface area contributed by atoms with Crippen LogP contribution in [0.4, 0.5) is 5.69 Å². The molecule has 1 N–H and O–H groups in total. The predicted octanol–water partition coefficient (Wildman–Crippen LogP) is 2.46. The monoisotopic (exact) mass is 496 g/mol. The summed E-state index contributed by atoms with van der Waals surface area (Å²) in [6.07, 6.45) is 3.45. The van der Waals surface area contributed by atoms with Gasteiger partial charge >= 0.3 is 0 Å². The highest BCUT2D eigenvalue weighted by Gasteiger charge is 2.33. The van der Waals surface area contributed by atoms with Gasteiger partial charge in [0.25, 0.3) is 11.5 Å². The van der Waals surface area contributed by atoms with Crippen LogP contribution in [-0.4, -0.2) is 60.7 Å². The maximum atomic E-state index is 13.7. The lowest BCUT2D eigenvalue weighted by Crippen LogP contribution is -2.38. The molecule has 1 fully saturated rings. The summed E-state index contributed by atoms with van der Waals surface area (Å²) in [6.45, 7) is 3.02. The molecule has 2 aliphatic rings. The van der Waals surface area contributed by atoms with E-state index in [0.29, 0.717) is 47.6 Å². The van der Waals surface area contributed by atoms with Crippen molar-refractivity contribution in [2.45, 2.75) is 44.9 Å². The summed E-state index contributed by atoms with van der Waals surface area (Å²) in [5.41, 5.74) is 2.23. The number of amides is 1. The summed E-state index contributed by atoms with van der Waals surface area (Å²) in [4.78, 5) is 35.2. The SMILES string of the molecule is C[C@@H]1Cc2cc(C(=O)N(Cc3nc4ccccc4c(=O)[nH]3)C[C@@H]3CCCO3)ccc2N1S(C)(=O)=O. The van der Waals surface area contributed by atoms with E-state index < -0.39 is 10.0 Å². The van der Waals surface area contributed by atoms with Gasteiger partial charge in [0.2, 0.25) is 10.0 Å². The maximum Gasteiger partial charge on any atom is 0.258 e. The van der Waals surface area contributed by atoms with Crippen LogP contribution in [0.5, 0.6) is 0 Å². The zero-order valence-electron chi connectivity index (χ0n) is 19.7. The first-order chi connectivity index (χ1) is 16.7. The quantitative estimate of drug-likeness (QED) is 0.561. The first-order valence-corrected chi connectivity index (χ1v) is 13.6. The van der Waals surface area contributed by atoms with Crippen molar-refractivity contribution in [1.29, 1.82) is 0 Å². The summed E-state index contributed by atoms with van der Waals surface area (Å²) in [5.74, 6) is 0.183. The van der Waals surface area contributed by atoms with Crippen molar-refractivity contribution >= 4 is 32.5 Å². The number of anilines is 1. The number of nitrogens with one attached hydrogen (secondary N) is 1. The van der Waals surface area contributed by atoms with Crippen LogP contribution in [0.15, 0.2) is 47.3 Å². The average Bonchev–Trinajstić information content (AvgIpc) is 3.44. The minimum absolute atomic E-state index is 0.0821. The number of aromatic amines is 1. The summed E-state index contributed by atoms with van der Waals surface area (Å²) in [7, 11) is -3.41. The van der Waals surface area contributed by atoms with Gasteiger partial charge < -0.3 is 14.6 Å². The zero-order chi connectivity index (χ0) is 24.7. The molecule has 0 bridgehead atoms. The van der Waals surface area contributed by atoms with Gasteiger partial charge in [-0.1, -0.05) is 12.1 Å². The first-order valence-electron chi connectivity index (χ1n) is 11.7. The van der Waals surface area contributed by atoms with Crippen LogP contribution in [0.3, 0.4) is 0 Å². The number of fused-ring (bicyclic) bond motifs is 2. The van der Waals surface area contributed by atoms with E-state index in [1.807, 2.05) is 13.0 Å². The maximum absolute atomic E-state index is 13.7. The van der Waals surface area contributed by atoms with Crippen LogP contribution in [0.2, 0.25) is 0 Å². The van der Waals surface area contributed by atoms with Crippen molar-refractivity contribution in [3.05, 3.63) is 69.8 Å². The third kappa shape index (κ3) is 4.68. The van der Waals surface area contributed by atoms with Crippen LogP contribution in [0.1, 0.15) is 41.5 Å². The van der Waals surface area contributed by atoms with E-state index in [9.17, 15) is 18.0 Å². The summed E-state index contributed by atoms with van der Waals surface area (Å²) >= 11 is 0. The summed E-state index contributed by atoms with van der Waals surface area (Å²) in [6, 6.07) is 12.0. The molecule has 184 valence electrons. The Morgan fingerprint density at radius 2 is 2.06 bits per heavy atom. The van der Waals surface area contributed by atoms with E-state index in [0.717, 1.165) is 18.4 Å². The zero-order valence-corrected chi connectivity index (χ0v) is 20.5. The third-order valence-electron chi connectivity index (χ3n) is 6.57. The average molecular weight is 497 g/mol. The number of carbonyl (C=O) groups is 1. The number of carbonyl (C=O) groups excluding carboxylic acids is 1. The van der Waals surface area contributed by atoms with Crippen molar-refractivity contribution in [2.75, 3.05) is 23.7 Å². The molecule has 0 unspecified atom stereocenters. The van der Waals surface area contributed by atoms with Gasteiger partial charge in [0.05, 0.1) is 35.5 Å². The Balaban J connectivity index is 1.46. The van der Waals surface area contributed by atoms with Crippen LogP contribution < -0.4 is 9.86 Å². The molecular weight excluding hydrogens is 468 g/mol. The van der Waals surface area contributed by atoms with Gasteiger partial charge in [-0.05, 0) is 62.1 Å². The number of nitrogens with zero attached hydrogens (tertiary/aromatic N) is 3. The van der Waals surface area contributed by atoms with E-state index in [1.165, 1.54) is 10.6 Å². The molecule has 1 saturated heterocycles. The van der Waals surface area contributed by atoms with Crippen molar-refractivity contribution < 1.29 is 17.9 Å². The van der Waals surface area contributed by atoms with Gasteiger partial charge in [0, 0.05) is 24.8 Å². The topological polar surface area (TPSA) is 113 Å². The Bertz CT molecular complexity index is 1450. The Labute approximate surface area is 203 Å². The Hall–Kier alpha value is -3.24. The number of H-pyrrole nitrogens is 1. The smallest absolute Gasteiger partial charge is 0.258 e. The van der Waals surface area contributed by atoms with E-state index in [4.69, 9.17) is 4.74 Å². The number of ether oxygens (including phenoxy) is 1. The Kier molecular flexibility index (Phi) is 6.10.